The molecule has 1 fully saturated rings. The van der Waals surface area contributed by atoms with Gasteiger partial charge in [0, 0.05) is 12.7 Å². The van der Waals surface area contributed by atoms with Gasteiger partial charge in [0.25, 0.3) is 5.91 Å². The molecule has 1 amide bonds. The molecule has 7 heteroatoms. The van der Waals surface area contributed by atoms with Crippen LogP contribution in [-0.2, 0) is 0 Å². The fraction of sp³-hybridized carbons (Fsp3) is 0.238. The van der Waals surface area contributed by atoms with E-state index in [1.54, 1.807) is 6.20 Å². The molecule has 140 valence electrons. The number of carbonyl (C=O) groups excluding carboxylic acids is 1. The number of aromatic nitrogens is 5. The molecule has 0 saturated carbocycles. The molecular formula is C21H20N6O. The molecule has 0 bridgehead atoms. The summed E-state index contributed by atoms with van der Waals surface area (Å²) in [5, 5.41) is 13.1. The van der Waals surface area contributed by atoms with Gasteiger partial charge < -0.3 is 4.90 Å². The van der Waals surface area contributed by atoms with Crippen molar-refractivity contribution in [3.63, 3.8) is 0 Å². The van der Waals surface area contributed by atoms with E-state index < -0.39 is 0 Å². The molecule has 0 radical (unpaired) electrons. The van der Waals surface area contributed by atoms with Gasteiger partial charge in [0.05, 0.1) is 29.2 Å². The molecule has 1 aromatic carbocycles. The van der Waals surface area contributed by atoms with Crippen molar-refractivity contribution in [3.05, 3.63) is 78.0 Å². The molecule has 1 aliphatic rings. The average Bonchev–Trinajstić information content (AvgIpc) is 3.46. The smallest absolute Gasteiger partial charge is 0.257 e. The topological polar surface area (TPSA) is 68.3 Å². The maximum Gasteiger partial charge on any atom is 0.257 e. The molecule has 7 nitrogen and oxygen atoms in total. The van der Waals surface area contributed by atoms with Crippen molar-refractivity contribution in [2.24, 2.45) is 0 Å². The second kappa shape index (κ2) is 6.60. The molecule has 1 aliphatic heterocycles. The van der Waals surface area contributed by atoms with Crippen molar-refractivity contribution in [1.29, 1.82) is 0 Å². The normalized spacial score (nSPS) is 16.8. The van der Waals surface area contributed by atoms with Gasteiger partial charge in [0.2, 0.25) is 0 Å². The summed E-state index contributed by atoms with van der Waals surface area (Å²) in [4.78, 5) is 15.3. The lowest BCUT2D eigenvalue weighted by atomic mass is 10.1. The minimum absolute atomic E-state index is 0.00476. The minimum Gasteiger partial charge on any atom is -0.328 e. The van der Waals surface area contributed by atoms with E-state index >= 15 is 0 Å². The molecule has 1 atom stereocenters. The van der Waals surface area contributed by atoms with Gasteiger partial charge in [-0.15, -0.1) is 10.2 Å². The van der Waals surface area contributed by atoms with E-state index in [2.05, 4.69) is 15.3 Å². The summed E-state index contributed by atoms with van der Waals surface area (Å²) in [5.74, 6) is 0.810. The Balaban J connectivity index is 1.49. The molecule has 5 rings (SSSR count). The van der Waals surface area contributed by atoms with Gasteiger partial charge in [-0.1, -0.05) is 24.3 Å². The third kappa shape index (κ3) is 2.58. The Morgan fingerprint density at radius 3 is 2.75 bits per heavy atom. The van der Waals surface area contributed by atoms with Crippen molar-refractivity contribution < 1.29 is 4.79 Å². The monoisotopic (exact) mass is 372 g/mol. The van der Waals surface area contributed by atoms with Gasteiger partial charge in [-0.3, -0.25) is 9.20 Å². The van der Waals surface area contributed by atoms with Crippen LogP contribution in [0.25, 0.3) is 11.3 Å². The number of fused-ring (bicyclic) bond motifs is 1. The van der Waals surface area contributed by atoms with Crippen molar-refractivity contribution in [1.82, 2.24) is 29.3 Å². The molecule has 0 spiro atoms. The van der Waals surface area contributed by atoms with Crippen molar-refractivity contribution in [2.45, 2.75) is 25.8 Å². The highest BCUT2D eigenvalue weighted by molar-refractivity contribution is 5.95. The Labute approximate surface area is 162 Å². The lowest BCUT2D eigenvalue weighted by Crippen LogP contribution is -2.31. The Morgan fingerprint density at radius 2 is 1.89 bits per heavy atom. The van der Waals surface area contributed by atoms with Crippen LogP contribution in [0.15, 0.2) is 60.9 Å². The van der Waals surface area contributed by atoms with Gasteiger partial charge in [0.15, 0.2) is 11.5 Å². The zero-order valence-electron chi connectivity index (χ0n) is 15.6. The van der Waals surface area contributed by atoms with Crippen LogP contribution in [-0.4, -0.2) is 41.7 Å². The number of hydrogen-bond acceptors (Lipinski definition) is 4. The maximum absolute atomic E-state index is 13.4. The highest BCUT2D eigenvalue weighted by Crippen LogP contribution is 2.33. The fourth-order valence-electron chi connectivity index (χ4n) is 3.97. The molecule has 4 heterocycles. The number of benzene rings is 1. The zero-order chi connectivity index (χ0) is 19.1. The van der Waals surface area contributed by atoms with Gasteiger partial charge in [-0.05, 0) is 44.0 Å². The fourth-order valence-corrected chi connectivity index (χ4v) is 3.97. The van der Waals surface area contributed by atoms with Crippen LogP contribution in [0.2, 0.25) is 0 Å². The second-order valence-corrected chi connectivity index (χ2v) is 7.03. The Bertz CT molecular complexity index is 1150. The highest BCUT2D eigenvalue weighted by Gasteiger charge is 2.35. The van der Waals surface area contributed by atoms with Crippen LogP contribution < -0.4 is 0 Å². The molecule has 0 aliphatic carbocycles. The number of carbonyl (C=O) groups is 1. The van der Waals surface area contributed by atoms with E-state index in [1.165, 1.54) is 0 Å². The van der Waals surface area contributed by atoms with E-state index in [1.807, 2.05) is 75.6 Å². The number of hydrogen-bond donors (Lipinski definition) is 0. The number of para-hydroxylation sites is 1. The van der Waals surface area contributed by atoms with Crippen LogP contribution in [0, 0.1) is 6.92 Å². The molecule has 28 heavy (non-hydrogen) atoms. The predicted octanol–water partition coefficient (Wildman–Crippen LogP) is 3.20. The number of likely N-dealkylation sites (tertiary alicyclic amines) is 1. The van der Waals surface area contributed by atoms with Gasteiger partial charge >= 0.3 is 0 Å². The Hall–Kier alpha value is -3.48. The molecule has 4 aromatic rings. The van der Waals surface area contributed by atoms with Crippen molar-refractivity contribution >= 4 is 11.6 Å². The molecule has 0 unspecified atom stereocenters. The first-order chi connectivity index (χ1) is 13.7. The first-order valence-corrected chi connectivity index (χ1v) is 9.45. The summed E-state index contributed by atoms with van der Waals surface area (Å²) in [6, 6.07) is 15.6. The summed E-state index contributed by atoms with van der Waals surface area (Å²) in [7, 11) is 0. The largest absolute Gasteiger partial charge is 0.328 e. The van der Waals surface area contributed by atoms with E-state index in [0.29, 0.717) is 12.1 Å². The lowest BCUT2D eigenvalue weighted by molar-refractivity contribution is 0.0728. The third-order valence-corrected chi connectivity index (χ3v) is 5.39. The molecule has 0 N–H and O–H groups in total. The zero-order valence-corrected chi connectivity index (χ0v) is 15.6. The average molecular weight is 372 g/mol. The van der Waals surface area contributed by atoms with Crippen molar-refractivity contribution in [3.8, 4) is 5.69 Å². The quantitative estimate of drug-likeness (QED) is 0.554. The van der Waals surface area contributed by atoms with Gasteiger partial charge in [0.1, 0.15) is 0 Å². The third-order valence-electron chi connectivity index (χ3n) is 5.39. The van der Waals surface area contributed by atoms with Crippen molar-refractivity contribution in [2.75, 3.05) is 6.54 Å². The summed E-state index contributed by atoms with van der Waals surface area (Å²) in [6.07, 6.45) is 5.45. The number of pyridine rings is 1. The molecular weight excluding hydrogens is 352 g/mol. The number of rotatable bonds is 3. The van der Waals surface area contributed by atoms with Crippen LogP contribution in [0.5, 0.6) is 0 Å². The van der Waals surface area contributed by atoms with Crippen LogP contribution in [0.3, 0.4) is 0 Å². The van der Waals surface area contributed by atoms with E-state index in [9.17, 15) is 4.79 Å². The summed E-state index contributed by atoms with van der Waals surface area (Å²) in [5.41, 5.74) is 3.21. The Morgan fingerprint density at radius 1 is 1.07 bits per heavy atom. The minimum atomic E-state index is -0.0793. The first kappa shape index (κ1) is 16.7. The SMILES string of the molecule is Cc1c(C(=O)N2CCC[C@@H]2c2nnc3ccccn23)cnn1-c1ccccc1. The van der Waals surface area contributed by atoms with E-state index in [4.69, 9.17) is 0 Å². The van der Waals surface area contributed by atoms with Crippen LogP contribution >= 0.6 is 0 Å². The van der Waals surface area contributed by atoms with Gasteiger partial charge in [-0.2, -0.15) is 5.10 Å². The highest BCUT2D eigenvalue weighted by atomic mass is 16.2. The van der Waals surface area contributed by atoms with Crippen LogP contribution in [0.4, 0.5) is 0 Å². The maximum atomic E-state index is 13.4. The lowest BCUT2D eigenvalue weighted by Gasteiger charge is -2.23. The van der Waals surface area contributed by atoms with E-state index in [-0.39, 0.29) is 11.9 Å². The first-order valence-electron chi connectivity index (χ1n) is 9.45. The number of amides is 1. The second-order valence-electron chi connectivity index (χ2n) is 7.03. The summed E-state index contributed by atoms with van der Waals surface area (Å²) >= 11 is 0. The molecule has 3 aromatic heterocycles. The summed E-state index contributed by atoms with van der Waals surface area (Å²) in [6.45, 7) is 2.64. The van der Waals surface area contributed by atoms with Gasteiger partial charge in [-0.25, -0.2) is 4.68 Å². The van der Waals surface area contributed by atoms with Crippen LogP contribution in [0.1, 0.15) is 40.8 Å². The Kier molecular flexibility index (Phi) is 3.93. The summed E-state index contributed by atoms with van der Waals surface area (Å²) < 4.78 is 3.78. The standard InChI is InChI=1S/C21H20N6O/c1-15-17(14-22-27(15)16-8-3-2-4-9-16)21(28)25-13-7-10-18(25)20-24-23-19-11-5-6-12-26(19)20/h2-6,8-9,11-12,14,18H,7,10,13H2,1H3/t18-/m1/s1. The number of nitrogens with zero attached hydrogens (tertiary/aromatic N) is 6. The predicted molar refractivity (Wildman–Crippen MR) is 104 cm³/mol. The molecule has 1 saturated heterocycles. The van der Waals surface area contributed by atoms with E-state index in [0.717, 1.165) is 35.7 Å².